The number of methoxy groups -OCH3 is 1. The molecule has 1 saturated carbocycles. The number of likely N-dealkylation sites (tertiary alicyclic amines) is 1. The molecule has 0 radical (unpaired) electrons. The zero-order valence-electron chi connectivity index (χ0n) is 17.1. The molecule has 0 bridgehead atoms. The van der Waals surface area contributed by atoms with Crippen molar-refractivity contribution in [2.24, 2.45) is 5.41 Å². The van der Waals surface area contributed by atoms with Gasteiger partial charge in [-0.1, -0.05) is 12.1 Å². The number of benzene rings is 1. The average Bonchev–Trinajstić information content (AvgIpc) is 3.46. The van der Waals surface area contributed by atoms with Crippen LogP contribution in [0.1, 0.15) is 54.1 Å². The van der Waals surface area contributed by atoms with Gasteiger partial charge < -0.3 is 14.6 Å². The highest BCUT2D eigenvalue weighted by atomic mass is 16.5. The van der Waals surface area contributed by atoms with E-state index in [4.69, 9.17) is 4.74 Å². The van der Waals surface area contributed by atoms with Crippen LogP contribution in [0.25, 0.3) is 0 Å². The van der Waals surface area contributed by atoms with E-state index in [9.17, 15) is 4.79 Å². The van der Waals surface area contributed by atoms with Crippen molar-refractivity contribution in [3.05, 3.63) is 41.5 Å². The molecule has 7 heteroatoms. The van der Waals surface area contributed by atoms with E-state index in [1.807, 2.05) is 6.07 Å². The van der Waals surface area contributed by atoms with Crippen LogP contribution < -0.4 is 10.1 Å². The Bertz CT molecular complexity index is 896. The summed E-state index contributed by atoms with van der Waals surface area (Å²) in [6.45, 7) is 3.99. The zero-order valence-corrected chi connectivity index (χ0v) is 17.1. The highest BCUT2D eigenvalue weighted by Gasteiger charge is 2.40. The lowest BCUT2D eigenvalue weighted by atomic mass is 9.73. The Kier molecular flexibility index (Phi) is 4.78. The average molecular weight is 396 g/mol. The van der Waals surface area contributed by atoms with Gasteiger partial charge >= 0.3 is 0 Å². The first-order chi connectivity index (χ1) is 14.1. The number of carbonyl (C=O) groups excluding carboxylic acids is 1. The highest BCUT2D eigenvalue weighted by Crippen LogP contribution is 2.41. The Labute approximate surface area is 171 Å². The van der Waals surface area contributed by atoms with E-state index < -0.39 is 0 Å². The minimum Gasteiger partial charge on any atom is -0.497 e. The van der Waals surface area contributed by atoms with Crippen LogP contribution in [0, 0.1) is 5.41 Å². The van der Waals surface area contributed by atoms with Gasteiger partial charge in [-0.2, -0.15) is 0 Å². The number of piperidine rings is 1. The van der Waals surface area contributed by atoms with Crippen LogP contribution in [0.2, 0.25) is 0 Å². The van der Waals surface area contributed by atoms with Gasteiger partial charge in [-0.15, -0.1) is 10.2 Å². The maximum absolute atomic E-state index is 12.6. The van der Waals surface area contributed by atoms with Crippen LogP contribution in [0.3, 0.4) is 0 Å². The number of nitrogens with zero attached hydrogens (tertiary/aromatic N) is 4. The Balaban J connectivity index is 1.23. The Morgan fingerprint density at radius 3 is 2.83 bits per heavy atom. The van der Waals surface area contributed by atoms with Crippen molar-refractivity contribution >= 4 is 5.91 Å². The van der Waals surface area contributed by atoms with Gasteiger partial charge in [0.2, 0.25) is 5.82 Å². The van der Waals surface area contributed by atoms with E-state index in [0.29, 0.717) is 11.9 Å². The molecule has 1 aliphatic carbocycles. The van der Waals surface area contributed by atoms with E-state index in [1.54, 1.807) is 7.11 Å². The van der Waals surface area contributed by atoms with Crippen molar-refractivity contribution in [2.45, 2.75) is 57.7 Å². The third kappa shape index (κ3) is 3.88. The third-order valence-corrected chi connectivity index (χ3v) is 6.77. The first kappa shape index (κ1) is 18.6. The van der Waals surface area contributed by atoms with Crippen molar-refractivity contribution in [3.63, 3.8) is 0 Å². The highest BCUT2D eigenvalue weighted by molar-refractivity contribution is 5.91. The SMILES string of the molecule is COc1cccc(CN2CCC3(CCc4nnc(C(=O)NC5CC5)n4C3)CC2)c1. The maximum atomic E-state index is 12.6. The van der Waals surface area contributed by atoms with Crippen LogP contribution in [-0.2, 0) is 19.5 Å². The lowest BCUT2D eigenvalue weighted by Gasteiger charge is -2.44. The molecular formula is C22H29N5O2. The fourth-order valence-corrected chi connectivity index (χ4v) is 4.75. The number of carbonyl (C=O) groups is 1. The summed E-state index contributed by atoms with van der Waals surface area (Å²) in [5, 5.41) is 11.6. The molecule has 0 atom stereocenters. The third-order valence-electron chi connectivity index (χ3n) is 6.77. The molecule has 2 aromatic rings. The summed E-state index contributed by atoms with van der Waals surface area (Å²) in [5.74, 6) is 2.33. The van der Waals surface area contributed by atoms with E-state index in [1.165, 1.54) is 5.56 Å². The Morgan fingerprint density at radius 1 is 1.24 bits per heavy atom. The van der Waals surface area contributed by atoms with Crippen LogP contribution in [0.15, 0.2) is 24.3 Å². The van der Waals surface area contributed by atoms with Gasteiger partial charge in [0.1, 0.15) is 11.6 Å². The van der Waals surface area contributed by atoms with Crippen LogP contribution in [-0.4, -0.2) is 51.8 Å². The monoisotopic (exact) mass is 395 g/mol. The quantitative estimate of drug-likeness (QED) is 0.842. The van der Waals surface area contributed by atoms with Crippen molar-refractivity contribution in [1.29, 1.82) is 0 Å². The van der Waals surface area contributed by atoms with Gasteiger partial charge in [0.25, 0.3) is 5.91 Å². The van der Waals surface area contributed by atoms with E-state index in [2.05, 4.69) is 43.2 Å². The Hall–Kier alpha value is -2.41. The lowest BCUT2D eigenvalue weighted by Crippen LogP contribution is -2.44. The summed E-state index contributed by atoms with van der Waals surface area (Å²) in [6, 6.07) is 8.68. The summed E-state index contributed by atoms with van der Waals surface area (Å²) < 4.78 is 7.45. The standard InChI is InChI=1S/C22H29N5O2/c1-29-18-4-2-3-16(13-18)14-26-11-9-22(10-12-26)8-7-19-24-25-20(27(19)15-22)21(28)23-17-5-6-17/h2-4,13,17H,5-12,14-15H2,1H3,(H,23,28). The Morgan fingerprint density at radius 2 is 2.07 bits per heavy atom. The predicted octanol–water partition coefficient (Wildman–Crippen LogP) is 2.41. The molecular weight excluding hydrogens is 366 g/mol. The number of ether oxygens (including phenoxy) is 1. The molecule has 29 heavy (non-hydrogen) atoms. The number of nitrogens with one attached hydrogen (secondary N) is 1. The predicted molar refractivity (Wildman–Crippen MR) is 109 cm³/mol. The van der Waals surface area contributed by atoms with Gasteiger partial charge in [0, 0.05) is 25.6 Å². The fourth-order valence-electron chi connectivity index (χ4n) is 4.75. The molecule has 7 nitrogen and oxygen atoms in total. The molecule has 2 fully saturated rings. The van der Waals surface area contributed by atoms with Crippen LogP contribution in [0.4, 0.5) is 0 Å². The molecule has 2 aliphatic heterocycles. The van der Waals surface area contributed by atoms with Crippen LogP contribution >= 0.6 is 0 Å². The van der Waals surface area contributed by atoms with E-state index >= 15 is 0 Å². The topological polar surface area (TPSA) is 72.3 Å². The second-order valence-corrected chi connectivity index (χ2v) is 8.90. The molecule has 5 rings (SSSR count). The van der Waals surface area contributed by atoms with Gasteiger partial charge in [-0.25, -0.2) is 0 Å². The number of aromatic nitrogens is 3. The van der Waals surface area contributed by atoms with Crippen molar-refractivity contribution < 1.29 is 9.53 Å². The summed E-state index contributed by atoms with van der Waals surface area (Å²) >= 11 is 0. The number of hydrogen-bond donors (Lipinski definition) is 1. The minimum atomic E-state index is -0.0567. The maximum Gasteiger partial charge on any atom is 0.289 e. The zero-order chi connectivity index (χ0) is 19.8. The normalized spacial score (nSPS) is 21.0. The molecule has 1 aromatic carbocycles. The summed E-state index contributed by atoms with van der Waals surface area (Å²) in [7, 11) is 1.71. The van der Waals surface area contributed by atoms with E-state index in [0.717, 1.165) is 76.3 Å². The summed E-state index contributed by atoms with van der Waals surface area (Å²) in [4.78, 5) is 15.1. The lowest BCUT2D eigenvalue weighted by molar-refractivity contribution is 0.0617. The van der Waals surface area contributed by atoms with Crippen molar-refractivity contribution in [1.82, 2.24) is 25.0 Å². The molecule has 3 aliphatic rings. The van der Waals surface area contributed by atoms with E-state index in [-0.39, 0.29) is 11.3 Å². The number of aryl methyl sites for hydroxylation is 1. The molecule has 1 spiro atoms. The molecule has 1 saturated heterocycles. The first-order valence-corrected chi connectivity index (χ1v) is 10.7. The largest absolute Gasteiger partial charge is 0.497 e. The van der Waals surface area contributed by atoms with Gasteiger partial charge in [-0.3, -0.25) is 9.69 Å². The second-order valence-electron chi connectivity index (χ2n) is 8.90. The summed E-state index contributed by atoms with van der Waals surface area (Å²) in [6.07, 6.45) is 6.53. The molecule has 154 valence electrons. The second kappa shape index (κ2) is 7.44. The van der Waals surface area contributed by atoms with Gasteiger partial charge in [0.15, 0.2) is 0 Å². The molecule has 1 amide bonds. The minimum absolute atomic E-state index is 0.0567. The molecule has 1 N–H and O–H groups in total. The van der Waals surface area contributed by atoms with Crippen molar-refractivity contribution in [3.8, 4) is 5.75 Å². The summed E-state index contributed by atoms with van der Waals surface area (Å²) in [5.41, 5.74) is 1.55. The van der Waals surface area contributed by atoms with Crippen LogP contribution in [0.5, 0.6) is 5.75 Å². The number of fused-ring (bicyclic) bond motifs is 1. The fraction of sp³-hybridized carbons (Fsp3) is 0.591. The number of rotatable bonds is 5. The smallest absolute Gasteiger partial charge is 0.289 e. The molecule has 0 unspecified atom stereocenters. The first-order valence-electron chi connectivity index (χ1n) is 10.7. The van der Waals surface area contributed by atoms with Gasteiger partial charge in [0.05, 0.1) is 7.11 Å². The molecule has 1 aromatic heterocycles. The van der Waals surface area contributed by atoms with Gasteiger partial charge in [-0.05, 0) is 68.3 Å². The molecule has 3 heterocycles. The number of amides is 1. The van der Waals surface area contributed by atoms with Crippen molar-refractivity contribution in [2.75, 3.05) is 20.2 Å². The number of hydrogen-bond acceptors (Lipinski definition) is 5.